The zero-order valence-electron chi connectivity index (χ0n) is 8.63. The number of nitrogens with zero attached hydrogens (tertiary/aromatic N) is 1. The summed E-state index contributed by atoms with van der Waals surface area (Å²) in [6.45, 7) is 0. The molecule has 0 aliphatic carbocycles. The van der Waals surface area contributed by atoms with Gasteiger partial charge in [0.15, 0.2) is 11.6 Å². The molecule has 1 heterocycles. The smallest absolute Gasteiger partial charge is 0.230 e. The van der Waals surface area contributed by atoms with E-state index < -0.39 is 11.6 Å². The van der Waals surface area contributed by atoms with Crippen LogP contribution in [0.1, 0.15) is 0 Å². The Morgan fingerprint density at radius 2 is 2.18 bits per heavy atom. The molecule has 2 aromatic rings. The highest BCUT2D eigenvalue weighted by molar-refractivity contribution is 6.32. The van der Waals surface area contributed by atoms with Crippen molar-refractivity contribution < 1.29 is 18.0 Å². The number of methoxy groups -OCH3 is 1. The molecule has 2 rings (SSSR count). The summed E-state index contributed by atoms with van der Waals surface area (Å²) >= 11 is 5.75. The molecule has 7 heteroatoms. The van der Waals surface area contributed by atoms with Gasteiger partial charge >= 0.3 is 0 Å². The molecule has 0 amide bonds. The van der Waals surface area contributed by atoms with Crippen LogP contribution in [0.2, 0.25) is 5.02 Å². The summed E-state index contributed by atoms with van der Waals surface area (Å²) in [4.78, 5) is 0. The molecule has 0 saturated heterocycles. The molecule has 0 spiro atoms. The summed E-state index contributed by atoms with van der Waals surface area (Å²) in [6, 6.07) is 0.822. The third-order valence-electron chi connectivity index (χ3n) is 2.20. The molecule has 2 N–H and O–H groups in total. The average molecular weight is 261 g/mol. The molecule has 1 aromatic heterocycles. The Morgan fingerprint density at radius 3 is 2.71 bits per heavy atom. The number of rotatable bonds is 2. The molecule has 0 radical (unpaired) electrons. The average Bonchev–Trinajstić information content (AvgIpc) is 2.69. The Morgan fingerprint density at radius 1 is 1.47 bits per heavy atom. The first-order valence-corrected chi connectivity index (χ1v) is 4.86. The lowest BCUT2D eigenvalue weighted by Crippen LogP contribution is -1.97. The zero-order chi connectivity index (χ0) is 12.6. The van der Waals surface area contributed by atoms with E-state index in [0.29, 0.717) is 0 Å². The van der Waals surface area contributed by atoms with Crippen molar-refractivity contribution >= 4 is 17.5 Å². The van der Waals surface area contributed by atoms with Crippen LogP contribution in [0.25, 0.3) is 11.1 Å². The maximum absolute atomic E-state index is 13.7. The fraction of sp³-hybridized carbons (Fsp3) is 0.100. The molecule has 0 aliphatic rings. The Balaban J connectivity index is 2.80. The first-order valence-electron chi connectivity index (χ1n) is 4.48. The molecular weight excluding hydrogens is 254 g/mol. The monoisotopic (exact) mass is 260 g/mol. The van der Waals surface area contributed by atoms with Gasteiger partial charge in [-0.05, 0) is 6.07 Å². The maximum atomic E-state index is 13.7. The van der Waals surface area contributed by atoms with Gasteiger partial charge in [0.05, 0.1) is 29.5 Å². The molecular formula is C10H7ClF2N2O2. The van der Waals surface area contributed by atoms with Gasteiger partial charge in [0.2, 0.25) is 5.88 Å². The third kappa shape index (κ3) is 1.80. The summed E-state index contributed by atoms with van der Waals surface area (Å²) in [7, 11) is 1.28. The minimum atomic E-state index is -1.12. The maximum Gasteiger partial charge on any atom is 0.230 e. The summed E-state index contributed by atoms with van der Waals surface area (Å²) in [5.74, 6) is -2.41. The van der Waals surface area contributed by atoms with Crippen molar-refractivity contribution in [1.29, 1.82) is 0 Å². The summed E-state index contributed by atoms with van der Waals surface area (Å²) < 4.78 is 36.5. The number of hydrogen-bond donors (Lipinski definition) is 1. The number of benzene rings is 1. The van der Waals surface area contributed by atoms with Crippen LogP contribution in [-0.4, -0.2) is 12.3 Å². The molecule has 0 fully saturated rings. The summed E-state index contributed by atoms with van der Waals surface area (Å²) in [6.07, 6.45) is 1.16. The quantitative estimate of drug-likeness (QED) is 0.844. The second-order valence-corrected chi connectivity index (χ2v) is 3.57. The van der Waals surface area contributed by atoms with E-state index in [0.717, 1.165) is 12.3 Å². The van der Waals surface area contributed by atoms with Crippen LogP contribution in [0, 0.1) is 11.6 Å². The topological polar surface area (TPSA) is 61.3 Å². The molecule has 4 nitrogen and oxygen atoms in total. The van der Waals surface area contributed by atoms with E-state index in [1.54, 1.807) is 0 Å². The Labute approximate surface area is 99.9 Å². The predicted molar refractivity (Wildman–Crippen MR) is 57.8 cm³/mol. The van der Waals surface area contributed by atoms with Crippen molar-refractivity contribution in [2.45, 2.75) is 0 Å². The SMILES string of the molecule is COc1c(Cl)cc(F)c(F)c1-c1cnoc1N. The van der Waals surface area contributed by atoms with Gasteiger partial charge in [0.25, 0.3) is 0 Å². The van der Waals surface area contributed by atoms with Crippen LogP contribution in [-0.2, 0) is 0 Å². The van der Waals surface area contributed by atoms with E-state index >= 15 is 0 Å². The van der Waals surface area contributed by atoms with Gasteiger partial charge < -0.3 is 15.0 Å². The highest BCUT2D eigenvalue weighted by atomic mass is 35.5. The Bertz CT molecular complexity index is 572. The van der Waals surface area contributed by atoms with Crippen molar-refractivity contribution in [1.82, 2.24) is 5.16 Å². The summed E-state index contributed by atoms with van der Waals surface area (Å²) in [5.41, 5.74) is 5.32. The lowest BCUT2D eigenvalue weighted by Gasteiger charge is -2.10. The molecule has 0 saturated carbocycles. The van der Waals surface area contributed by atoms with Gasteiger partial charge in [0, 0.05) is 0 Å². The molecule has 0 aliphatic heterocycles. The number of ether oxygens (including phenoxy) is 1. The van der Waals surface area contributed by atoms with Crippen molar-refractivity contribution in [2.75, 3.05) is 12.8 Å². The first kappa shape index (κ1) is 11.7. The van der Waals surface area contributed by atoms with Crippen LogP contribution in [0.5, 0.6) is 5.75 Å². The Kier molecular flexibility index (Phi) is 2.89. The van der Waals surface area contributed by atoms with Crippen molar-refractivity contribution in [3.63, 3.8) is 0 Å². The van der Waals surface area contributed by atoms with Crippen molar-refractivity contribution in [3.8, 4) is 16.9 Å². The van der Waals surface area contributed by atoms with Gasteiger partial charge in [-0.3, -0.25) is 0 Å². The largest absolute Gasteiger partial charge is 0.494 e. The highest BCUT2D eigenvalue weighted by Crippen LogP contribution is 2.41. The number of hydrogen-bond acceptors (Lipinski definition) is 4. The zero-order valence-corrected chi connectivity index (χ0v) is 9.39. The van der Waals surface area contributed by atoms with E-state index in [1.165, 1.54) is 7.11 Å². The summed E-state index contributed by atoms with van der Waals surface area (Å²) in [5, 5.41) is 3.32. The highest BCUT2D eigenvalue weighted by Gasteiger charge is 2.23. The van der Waals surface area contributed by atoms with Gasteiger partial charge in [0.1, 0.15) is 5.75 Å². The van der Waals surface area contributed by atoms with E-state index in [1.807, 2.05) is 0 Å². The van der Waals surface area contributed by atoms with E-state index in [9.17, 15) is 8.78 Å². The molecule has 0 atom stereocenters. The molecule has 1 aromatic carbocycles. The predicted octanol–water partition coefficient (Wildman–Crippen LogP) is 2.86. The third-order valence-corrected chi connectivity index (χ3v) is 2.48. The fourth-order valence-corrected chi connectivity index (χ4v) is 1.72. The van der Waals surface area contributed by atoms with E-state index in [4.69, 9.17) is 22.1 Å². The molecule has 17 heavy (non-hydrogen) atoms. The molecule has 0 bridgehead atoms. The fourth-order valence-electron chi connectivity index (χ4n) is 1.46. The van der Waals surface area contributed by atoms with Gasteiger partial charge in [-0.2, -0.15) is 0 Å². The van der Waals surface area contributed by atoms with Gasteiger partial charge in [-0.25, -0.2) is 8.78 Å². The number of nitrogens with two attached hydrogens (primary N) is 1. The van der Waals surface area contributed by atoms with Crippen molar-refractivity contribution in [3.05, 3.63) is 28.9 Å². The van der Waals surface area contributed by atoms with E-state index in [2.05, 4.69) is 9.68 Å². The number of halogens is 3. The van der Waals surface area contributed by atoms with Crippen LogP contribution in [0.15, 0.2) is 16.8 Å². The van der Waals surface area contributed by atoms with Gasteiger partial charge in [-0.15, -0.1) is 0 Å². The normalized spacial score (nSPS) is 10.6. The van der Waals surface area contributed by atoms with Crippen LogP contribution in [0.3, 0.4) is 0 Å². The lowest BCUT2D eigenvalue weighted by atomic mass is 10.1. The van der Waals surface area contributed by atoms with Crippen LogP contribution < -0.4 is 10.5 Å². The molecule has 90 valence electrons. The standard InChI is InChI=1S/C10H7ClF2N2O2/c1-16-9-5(11)2-6(12)8(13)7(9)4-3-15-17-10(4)14/h2-3H,14H2,1H3. The number of aromatic nitrogens is 1. The second kappa shape index (κ2) is 4.21. The number of anilines is 1. The van der Waals surface area contributed by atoms with Crippen molar-refractivity contribution in [2.24, 2.45) is 0 Å². The minimum absolute atomic E-state index is 0.0273. The minimum Gasteiger partial charge on any atom is -0.494 e. The molecule has 0 unspecified atom stereocenters. The van der Waals surface area contributed by atoms with Gasteiger partial charge in [-0.1, -0.05) is 16.8 Å². The number of nitrogen functional groups attached to an aromatic ring is 1. The lowest BCUT2D eigenvalue weighted by molar-refractivity contribution is 0.409. The van der Waals surface area contributed by atoms with E-state index in [-0.39, 0.29) is 27.8 Å². The van der Waals surface area contributed by atoms with Crippen LogP contribution >= 0.6 is 11.6 Å². The first-order chi connectivity index (χ1) is 8.06. The Hall–Kier alpha value is -1.82. The second-order valence-electron chi connectivity index (χ2n) is 3.17. The van der Waals surface area contributed by atoms with Crippen LogP contribution in [0.4, 0.5) is 14.7 Å².